The average molecular weight is 364 g/mol. The summed E-state index contributed by atoms with van der Waals surface area (Å²) in [6.07, 6.45) is -4.57. The average Bonchev–Trinajstić information content (AvgIpc) is 2.57. The molecule has 0 unspecified atom stereocenters. The van der Waals surface area contributed by atoms with Crippen molar-refractivity contribution in [2.75, 3.05) is 18.0 Å². The Labute approximate surface area is 149 Å². The van der Waals surface area contributed by atoms with Crippen molar-refractivity contribution in [3.8, 4) is 0 Å². The van der Waals surface area contributed by atoms with Gasteiger partial charge in [0.2, 0.25) is 5.91 Å². The van der Waals surface area contributed by atoms with E-state index in [1.807, 2.05) is 13.0 Å². The van der Waals surface area contributed by atoms with Gasteiger partial charge in [-0.05, 0) is 31.2 Å². The minimum absolute atomic E-state index is 0.0263. The lowest BCUT2D eigenvalue weighted by atomic mass is 10.1. The minimum Gasteiger partial charge on any atom is -0.350 e. The van der Waals surface area contributed by atoms with E-state index in [0.717, 1.165) is 16.5 Å². The number of anilines is 1. The summed E-state index contributed by atoms with van der Waals surface area (Å²) in [5.41, 5.74) is 0.259. The molecule has 0 saturated carbocycles. The highest BCUT2D eigenvalue weighted by Gasteiger charge is 2.35. The fourth-order valence-electron chi connectivity index (χ4n) is 2.57. The van der Waals surface area contributed by atoms with Crippen LogP contribution in [0.3, 0.4) is 0 Å². The molecular weight excluding hydrogens is 345 g/mol. The van der Waals surface area contributed by atoms with Crippen LogP contribution in [0.5, 0.6) is 0 Å². The number of nitrogens with one attached hydrogen (secondary N) is 1. The number of para-hydroxylation sites is 1. The summed E-state index contributed by atoms with van der Waals surface area (Å²) in [5, 5.41) is 2.63. The summed E-state index contributed by atoms with van der Waals surface area (Å²) in [6.45, 7) is 3.00. The van der Waals surface area contributed by atoms with Crippen LogP contribution in [0.25, 0.3) is 0 Å². The first-order chi connectivity index (χ1) is 12.2. The van der Waals surface area contributed by atoms with Crippen molar-refractivity contribution in [2.24, 2.45) is 0 Å². The summed E-state index contributed by atoms with van der Waals surface area (Å²) in [4.78, 5) is 25.0. The van der Waals surface area contributed by atoms with Crippen molar-refractivity contribution in [2.45, 2.75) is 20.0 Å². The van der Waals surface area contributed by atoms with Gasteiger partial charge < -0.3 is 10.2 Å². The molecule has 0 bridgehead atoms. The third kappa shape index (κ3) is 4.84. The normalized spacial score (nSPS) is 11.1. The van der Waals surface area contributed by atoms with E-state index in [1.165, 1.54) is 25.1 Å². The zero-order valence-corrected chi connectivity index (χ0v) is 14.4. The number of nitrogens with zero attached hydrogens (tertiary/aromatic N) is 1. The predicted molar refractivity (Wildman–Crippen MR) is 93.0 cm³/mol. The largest absolute Gasteiger partial charge is 0.418 e. The highest BCUT2D eigenvalue weighted by molar-refractivity contribution is 5.95. The highest BCUT2D eigenvalue weighted by Crippen LogP contribution is 2.36. The van der Waals surface area contributed by atoms with Crippen LogP contribution in [0.15, 0.2) is 48.5 Å². The number of carbonyl (C=O) groups excluding carboxylic acids is 2. The summed E-state index contributed by atoms with van der Waals surface area (Å²) in [5.74, 6) is -0.882. The van der Waals surface area contributed by atoms with Crippen molar-refractivity contribution >= 4 is 17.5 Å². The molecular formula is C19H19F3N2O2. The molecule has 0 saturated heterocycles. The van der Waals surface area contributed by atoms with E-state index >= 15 is 0 Å². The molecule has 26 heavy (non-hydrogen) atoms. The zero-order chi connectivity index (χ0) is 19.3. The number of aryl methyl sites for hydroxylation is 1. The van der Waals surface area contributed by atoms with Gasteiger partial charge in [-0.2, -0.15) is 13.2 Å². The Balaban J connectivity index is 2.11. The number of hydrogen-bond acceptors (Lipinski definition) is 2. The summed E-state index contributed by atoms with van der Waals surface area (Å²) in [7, 11) is 0. The molecule has 2 aromatic carbocycles. The second-order valence-electron chi connectivity index (χ2n) is 5.81. The highest BCUT2D eigenvalue weighted by atomic mass is 19.4. The van der Waals surface area contributed by atoms with Crippen molar-refractivity contribution in [1.29, 1.82) is 0 Å². The molecule has 0 aliphatic rings. The molecule has 7 heteroatoms. The van der Waals surface area contributed by atoms with E-state index in [-0.39, 0.29) is 24.7 Å². The van der Waals surface area contributed by atoms with Crippen LogP contribution in [-0.4, -0.2) is 24.9 Å². The van der Waals surface area contributed by atoms with Crippen LogP contribution in [0.4, 0.5) is 18.9 Å². The van der Waals surface area contributed by atoms with E-state index in [4.69, 9.17) is 0 Å². The number of amides is 2. The Morgan fingerprint density at radius 1 is 1.08 bits per heavy atom. The summed E-state index contributed by atoms with van der Waals surface area (Å²) < 4.78 is 39.5. The van der Waals surface area contributed by atoms with E-state index in [9.17, 15) is 22.8 Å². The molecule has 2 rings (SSSR count). The van der Waals surface area contributed by atoms with Gasteiger partial charge >= 0.3 is 6.18 Å². The lowest BCUT2D eigenvalue weighted by Gasteiger charge is -2.25. The van der Waals surface area contributed by atoms with E-state index in [2.05, 4.69) is 5.32 Å². The van der Waals surface area contributed by atoms with Crippen molar-refractivity contribution < 1.29 is 22.8 Å². The van der Waals surface area contributed by atoms with Gasteiger partial charge in [-0.3, -0.25) is 9.59 Å². The van der Waals surface area contributed by atoms with Crippen LogP contribution >= 0.6 is 0 Å². The SMILES string of the molecule is CC(=O)N(CCNC(=O)c1cccc(C)c1)c1ccccc1C(F)(F)F. The van der Waals surface area contributed by atoms with E-state index in [0.29, 0.717) is 5.56 Å². The Hall–Kier alpha value is -2.83. The molecule has 0 atom stereocenters. The van der Waals surface area contributed by atoms with Crippen LogP contribution in [0.1, 0.15) is 28.4 Å². The lowest BCUT2D eigenvalue weighted by Crippen LogP contribution is -2.38. The number of halogens is 3. The molecule has 1 N–H and O–H groups in total. The van der Waals surface area contributed by atoms with Crippen LogP contribution in [0, 0.1) is 6.92 Å². The fraction of sp³-hybridized carbons (Fsp3) is 0.263. The van der Waals surface area contributed by atoms with Crippen molar-refractivity contribution in [3.05, 3.63) is 65.2 Å². The Morgan fingerprint density at radius 3 is 2.38 bits per heavy atom. The van der Waals surface area contributed by atoms with Gasteiger partial charge in [-0.15, -0.1) is 0 Å². The molecule has 0 heterocycles. The predicted octanol–water partition coefficient (Wildman–Crippen LogP) is 3.80. The second-order valence-corrected chi connectivity index (χ2v) is 5.81. The van der Waals surface area contributed by atoms with Crippen LogP contribution < -0.4 is 10.2 Å². The quantitative estimate of drug-likeness (QED) is 0.877. The smallest absolute Gasteiger partial charge is 0.350 e. The molecule has 4 nitrogen and oxygen atoms in total. The zero-order valence-electron chi connectivity index (χ0n) is 14.4. The molecule has 0 aromatic heterocycles. The lowest BCUT2D eigenvalue weighted by molar-refractivity contribution is -0.137. The first-order valence-corrected chi connectivity index (χ1v) is 7.99. The van der Waals surface area contributed by atoms with Gasteiger partial charge in [0.15, 0.2) is 0 Å². The maximum atomic E-state index is 13.2. The van der Waals surface area contributed by atoms with Gasteiger partial charge in [0.25, 0.3) is 5.91 Å². The topological polar surface area (TPSA) is 49.4 Å². The van der Waals surface area contributed by atoms with Crippen molar-refractivity contribution in [1.82, 2.24) is 5.32 Å². The molecule has 0 aliphatic heterocycles. The number of carbonyl (C=O) groups is 2. The van der Waals surface area contributed by atoms with Gasteiger partial charge in [0.05, 0.1) is 11.3 Å². The fourth-order valence-corrected chi connectivity index (χ4v) is 2.57. The van der Waals surface area contributed by atoms with Gasteiger partial charge in [-0.1, -0.05) is 29.8 Å². The third-order valence-electron chi connectivity index (χ3n) is 3.78. The Bertz CT molecular complexity index is 803. The Morgan fingerprint density at radius 2 is 1.77 bits per heavy atom. The second kappa shape index (κ2) is 8.03. The first-order valence-electron chi connectivity index (χ1n) is 7.99. The Kier molecular flexibility index (Phi) is 6.02. The van der Waals surface area contributed by atoms with Gasteiger partial charge in [0.1, 0.15) is 0 Å². The monoisotopic (exact) mass is 364 g/mol. The first kappa shape index (κ1) is 19.5. The van der Waals surface area contributed by atoms with E-state index < -0.39 is 17.6 Å². The van der Waals surface area contributed by atoms with Gasteiger partial charge in [-0.25, -0.2) is 0 Å². The maximum absolute atomic E-state index is 13.2. The maximum Gasteiger partial charge on any atom is 0.418 e. The van der Waals surface area contributed by atoms with E-state index in [1.54, 1.807) is 18.2 Å². The van der Waals surface area contributed by atoms with Gasteiger partial charge in [0, 0.05) is 25.6 Å². The molecule has 0 spiro atoms. The number of hydrogen-bond donors (Lipinski definition) is 1. The van der Waals surface area contributed by atoms with Crippen molar-refractivity contribution in [3.63, 3.8) is 0 Å². The molecule has 0 radical (unpaired) electrons. The third-order valence-corrected chi connectivity index (χ3v) is 3.78. The van der Waals surface area contributed by atoms with Crippen LogP contribution in [-0.2, 0) is 11.0 Å². The molecule has 0 fully saturated rings. The summed E-state index contributed by atoms with van der Waals surface area (Å²) >= 11 is 0. The molecule has 2 amide bonds. The minimum atomic E-state index is -4.57. The number of alkyl halides is 3. The number of benzene rings is 2. The summed E-state index contributed by atoms with van der Waals surface area (Å²) in [6, 6.07) is 11.8. The molecule has 2 aromatic rings. The molecule has 0 aliphatic carbocycles. The molecule has 138 valence electrons. The van der Waals surface area contributed by atoms with Crippen LogP contribution in [0.2, 0.25) is 0 Å². The standard InChI is InChI=1S/C19H19F3N2O2/c1-13-6-5-7-15(12-13)18(26)23-10-11-24(14(2)25)17-9-4-3-8-16(17)19(20,21)22/h3-9,12H,10-11H2,1-2H3,(H,23,26). The number of rotatable bonds is 5.